The van der Waals surface area contributed by atoms with E-state index in [1.165, 1.54) is 6.07 Å². The first-order valence-electron chi connectivity index (χ1n) is 5.75. The van der Waals surface area contributed by atoms with Crippen molar-refractivity contribution in [1.29, 1.82) is 0 Å². The van der Waals surface area contributed by atoms with Crippen molar-refractivity contribution < 1.29 is 15.0 Å². The van der Waals surface area contributed by atoms with Crippen molar-refractivity contribution in [3.05, 3.63) is 65.2 Å². The summed E-state index contributed by atoms with van der Waals surface area (Å²) in [6.45, 7) is 0.0193. The summed E-state index contributed by atoms with van der Waals surface area (Å²) in [4.78, 5) is 12.1. The summed E-state index contributed by atoms with van der Waals surface area (Å²) in [6.07, 6.45) is 0.466. The van der Waals surface area contributed by atoms with E-state index in [-0.39, 0.29) is 23.7 Å². The number of phenols is 1. The second-order valence-electron chi connectivity index (χ2n) is 4.02. The van der Waals surface area contributed by atoms with E-state index in [1.807, 2.05) is 6.07 Å². The van der Waals surface area contributed by atoms with Crippen LogP contribution in [0.3, 0.4) is 0 Å². The second kappa shape index (κ2) is 5.47. The third-order valence-corrected chi connectivity index (χ3v) is 2.74. The number of phenolic OH excluding ortho intramolecular Hbond substituents is 1. The molecule has 0 aromatic heterocycles. The van der Waals surface area contributed by atoms with Gasteiger partial charge in [0, 0.05) is 12.2 Å². The van der Waals surface area contributed by atoms with E-state index in [9.17, 15) is 9.90 Å². The lowest BCUT2D eigenvalue weighted by Crippen LogP contribution is -2.02. The molecule has 2 aromatic carbocycles. The molecule has 92 valence electrons. The fourth-order valence-corrected chi connectivity index (χ4v) is 1.80. The highest BCUT2D eigenvalue weighted by atomic mass is 16.3. The number of carbonyl (C=O) groups excluding carboxylic acids is 1. The molecule has 2 N–H and O–H groups in total. The topological polar surface area (TPSA) is 57.5 Å². The van der Waals surface area contributed by atoms with E-state index in [4.69, 9.17) is 5.11 Å². The lowest BCUT2D eigenvalue weighted by Gasteiger charge is -2.06. The Labute approximate surface area is 105 Å². The third-order valence-electron chi connectivity index (χ3n) is 2.74. The summed E-state index contributed by atoms with van der Waals surface area (Å²) in [5.41, 5.74) is 1.63. The number of aromatic hydroxyl groups is 1. The molecule has 0 unspecified atom stereocenters. The van der Waals surface area contributed by atoms with Gasteiger partial charge in [-0.3, -0.25) is 4.79 Å². The van der Waals surface area contributed by atoms with Crippen molar-refractivity contribution in [3.63, 3.8) is 0 Å². The zero-order valence-corrected chi connectivity index (χ0v) is 9.84. The summed E-state index contributed by atoms with van der Waals surface area (Å²) >= 11 is 0. The summed E-state index contributed by atoms with van der Waals surface area (Å²) in [5.74, 6) is -0.251. The minimum Gasteiger partial charge on any atom is -0.507 e. The van der Waals surface area contributed by atoms with Crippen LogP contribution in [0.4, 0.5) is 0 Å². The van der Waals surface area contributed by atoms with Gasteiger partial charge in [-0.1, -0.05) is 36.4 Å². The first-order valence-corrected chi connectivity index (χ1v) is 5.75. The van der Waals surface area contributed by atoms with Crippen LogP contribution in [0.1, 0.15) is 21.5 Å². The van der Waals surface area contributed by atoms with Gasteiger partial charge < -0.3 is 10.2 Å². The van der Waals surface area contributed by atoms with Gasteiger partial charge in [-0.2, -0.15) is 0 Å². The Kier molecular flexibility index (Phi) is 3.75. The molecular weight excluding hydrogens is 228 g/mol. The molecule has 0 aliphatic rings. The lowest BCUT2D eigenvalue weighted by atomic mass is 10.0. The van der Waals surface area contributed by atoms with Gasteiger partial charge in [0.2, 0.25) is 0 Å². The predicted molar refractivity (Wildman–Crippen MR) is 68.8 cm³/mol. The van der Waals surface area contributed by atoms with E-state index in [0.29, 0.717) is 12.0 Å². The smallest absolute Gasteiger partial charge is 0.196 e. The molecule has 18 heavy (non-hydrogen) atoms. The number of aliphatic hydroxyl groups excluding tert-OH is 1. The molecule has 3 heteroatoms. The van der Waals surface area contributed by atoms with Crippen molar-refractivity contribution in [2.45, 2.75) is 6.42 Å². The Morgan fingerprint density at radius 1 is 1.06 bits per heavy atom. The summed E-state index contributed by atoms with van der Waals surface area (Å²) in [5, 5.41) is 18.7. The Morgan fingerprint density at radius 3 is 2.39 bits per heavy atom. The van der Waals surface area contributed by atoms with Gasteiger partial charge in [0.25, 0.3) is 0 Å². The summed E-state index contributed by atoms with van der Waals surface area (Å²) < 4.78 is 0. The van der Waals surface area contributed by atoms with Crippen LogP contribution in [-0.2, 0) is 6.42 Å². The fraction of sp³-hybridized carbons (Fsp3) is 0.133. The van der Waals surface area contributed by atoms with Gasteiger partial charge in [-0.15, -0.1) is 0 Å². The molecule has 3 nitrogen and oxygen atoms in total. The minimum absolute atomic E-state index is 0.0193. The van der Waals surface area contributed by atoms with Crippen LogP contribution in [-0.4, -0.2) is 22.6 Å². The number of carbonyl (C=O) groups is 1. The average molecular weight is 242 g/mol. The molecule has 0 aliphatic carbocycles. The fourth-order valence-electron chi connectivity index (χ4n) is 1.80. The molecule has 0 saturated carbocycles. The minimum atomic E-state index is -0.205. The average Bonchev–Trinajstić information content (AvgIpc) is 2.40. The van der Waals surface area contributed by atoms with Gasteiger partial charge in [0.1, 0.15) is 5.75 Å². The molecule has 0 aliphatic heterocycles. The van der Waals surface area contributed by atoms with Crippen LogP contribution in [0, 0.1) is 0 Å². The van der Waals surface area contributed by atoms with E-state index in [1.54, 1.807) is 36.4 Å². The molecule has 0 radical (unpaired) electrons. The van der Waals surface area contributed by atoms with Crippen LogP contribution in [0.15, 0.2) is 48.5 Å². The molecule has 0 saturated heterocycles. The monoisotopic (exact) mass is 242 g/mol. The normalized spacial score (nSPS) is 10.3. The Bertz CT molecular complexity index is 547. The van der Waals surface area contributed by atoms with E-state index in [0.717, 1.165) is 5.56 Å². The summed E-state index contributed by atoms with van der Waals surface area (Å²) in [7, 11) is 0. The molecule has 0 amide bonds. The zero-order chi connectivity index (χ0) is 13.0. The first-order chi connectivity index (χ1) is 8.72. The largest absolute Gasteiger partial charge is 0.507 e. The van der Waals surface area contributed by atoms with E-state index >= 15 is 0 Å². The number of aliphatic hydroxyl groups is 1. The van der Waals surface area contributed by atoms with Gasteiger partial charge in [-0.25, -0.2) is 0 Å². The van der Waals surface area contributed by atoms with Gasteiger partial charge in [0.15, 0.2) is 5.78 Å². The van der Waals surface area contributed by atoms with Crippen LogP contribution in [0.25, 0.3) is 0 Å². The van der Waals surface area contributed by atoms with Crippen molar-refractivity contribution in [1.82, 2.24) is 0 Å². The summed E-state index contributed by atoms with van der Waals surface area (Å²) in [6, 6.07) is 13.7. The maximum Gasteiger partial charge on any atom is 0.196 e. The van der Waals surface area contributed by atoms with Crippen LogP contribution in [0.2, 0.25) is 0 Å². The number of hydrogen-bond acceptors (Lipinski definition) is 3. The molecule has 0 heterocycles. The number of hydrogen-bond donors (Lipinski definition) is 2. The van der Waals surface area contributed by atoms with Crippen LogP contribution < -0.4 is 0 Å². The number of benzene rings is 2. The molecule has 0 atom stereocenters. The van der Waals surface area contributed by atoms with Crippen LogP contribution in [0.5, 0.6) is 5.75 Å². The molecule has 2 aromatic rings. The maximum absolute atomic E-state index is 12.1. The SMILES string of the molecule is O=C(c1ccccc1)c1ccc(CCO)cc1O. The first kappa shape index (κ1) is 12.3. The standard InChI is InChI=1S/C15H14O3/c16-9-8-11-6-7-13(14(17)10-11)15(18)12-4-2-1-3-5-12/h1-7,10,16-17H,8-9H2. The molecule has 0 spiro atoms. The van der Waals surface area contributed by atoms with Crippen molar-refractivity contribution in [2.24, 2.45) is 0 Å². The zero-order valence-electron chi connectivity index (χ0n) is 9.84. The van der Waals surface area contributed by atoms with Crippen molar-refractivity contribution in [3.8, 4) is 5.75 Å². The van der Waals surface area contributed by atoms with Crippen molar-refractivity contribution >= 4 is 5.78 Å². The van der Waals surface area contributed by atoms with E-state index in [2.05, 4.69) is 0 Å². The molecule has 2 rings (SSSR count). The van der Waals surface area contributed by atoms with Crippen molar-refractivity contribution in [2.75, 3.05) is 6.61 Å². The van der Waals surface area contributed by atoms with E-state index < -0.39 is 0 Å². The highest BCUT2D eigenvalue weighted by molar-refractivity contribution is 6.10. The van der Waals surface area contributed by atoms with Crippen LogP contribution >= 0.6 is 0 Å². The lowest BCUT2D eigenvalue weighted by molar-refractivity contribution is 0.103. The Hall–Kier alpha value is -2.13. The molecular formula is C15H14O3. The number of rotatable bonds is 4. The Balaban J connectivity index is 2.32. The molecule has 0 fully saturated rings. The second-order valence-corrected chi connectivity index (χ2v) is 4.02. The highest BCUT2D eigenvalue weighted by Gasteiger charge is 2.13. The number of ketones is 1. The predicted octanol–water partition coefficient (Wildman–Crippen LogP) is 2.16. The quantitative estimate of drug-likeness (QED) is 0.808. The highest BCUT2D eigenvalue weighted by Crippen LogP contribution is 2.22. The Morgan fingerprint density at radius 2 is 1.78 bits per heavy atom. The maximum atomic E-state index is 12.1. The van der Waals surface area contributed by atoms with Gasteiger partial charge >= 0.3 is 0 Å². The van der Waals surface area contributed by atoms with Gasteiger partial charge in [0.05, 0.1) is 5.56 Å². The van der Waals surface area contributed by atoms with Gasteiger partial charge in [-0.05, 0) is 24.1 Å². The molecule has 0 bridgehead atoms. The third kappa shape index (κ3) is 2.57.